The molecule has 3 aliphatic heterocycles. The molecule has 3 aliphatic rings. The van der Waals surface area contributed by atoms with Gasteiger partial charge in [0.05, 0.1) is 26.9 Å². The SMILES string of the molecule is COc1cc2c(cc1CN1CCC3(C1)CN(C)C(=O)O3)OCCCO2. The van der Waals surface area contributed by atoms with E-state index in [1.807, 2.05) is 12.1 Å². The monoisotopic (exact) mass is 348 g/mol. The second kappa shape index (κ2) is 6.29. The Bertz CT molecular complexity index is 680. The molecule has 1 atom stereocenters. The molecule has 1 spiro atoms. The van der Waals surface area contributed by atoms with Gasteiger partial charge in [-0.25, -0.2) is 4.79 Å². The molecule has 0 N–H and O–H groups in total. The molecule has 0 bridgehead atoms. The van der Waals surface area contributed by atoms with Crippen LogP contribution in [0.4, 0.5) is 4.79 Å². The van der Waals surface area contributed by atoms with Gasteiger partial charge in [0.15, 0.2) is 11.5 Å². The number of likely N-dealkylation sites (tertiary alicyclic amines) is 1. The van der Waals surface area contributed by atoms with Gasteiger partial charge in [0.25, 0.3) is 0 Å². The summed E-state index contributed by atoms with van der Waals surface area (Å²) >= 11 is 0. The Morgan fingerprint density at radius 2 is 1.96 bits per heavy atom. The van der Waals surface area contributed by atoms with E-state index in [1.165, 1.54) is 0 Å². The molecular formula is C18H24N2O5. The fraction of sp³-hybridized carbons (Fsp3) is 0.611. The van der Waals surface area contributed by atoms with Crippen LogP contribution in [0.2, 0.25) is 0 Å². The lowest BCUT2D eigenvalue weighted by atomic mass is 10.0. The number of carbonyl (C=O) groups excluding carboxylic acids is 1. The Labute approximate surface area is 147 Å². The maximum absolute atomic E-state index is 11.7. The van der Waals surface area contributed by atoms with Crippen molar-refractivity contribution in [1.82, 2.24) is 9.80 Å². The Morgan fingerprint density at radius 1 is 1.20 bits per heavy atom. The normalized spacial score (nSPS) is 26.0. The van der Waals surface area contributed by atoms with Crippen LogP contribution >= 0.6 is 0 Å². The van der Waals surface area contributed by atoms with E-state index in [-0.39, 0.29) is 11.7 Å². The van der Waals surface area contributed by atoms with Crippen molar-refractivity contribution in [3.8, 4) is 17.2 Å². The summed E-state index contributed by atoms with van der Waals surface area (Å²) in [5, 5.41) is 0. The lowest BCUT2D eigenvalue weighted by Crippen LogP contribution is -2.37. The molecule has 1 amide bonds. The zero-order valence-electron chi connectivity index (χ0n) is 14.7. The third-order valence-electron chi connectivity index (χ3n) is 5.08. The topological polar surface area (TPSA) is 60.5 Å². The van der Waals surface area contributed by atoms with E-state index in [2.05, 4.69) is 4.90 Å². The maximum Gasteiger partial charge on any atom is 0.410 e. The van der Waals surface area contributed by atoms with Gasteiger partial charge in [-0.05, 0) is 6.07 Å². The van der Waals surface area contributed by atoms with Gasteiger partial charge in [-0.3, -0.25) is 4.90 Å². The molecular weight excluding hydrogens is 324 g/mol. The third-order valence-corrected chi connectivity index (χ3v) is 5.08. The summed E-state index contributed by atoms with van der Waals surface area (Å²) in [6.07, 6.45) is 1.51. The summed E-state index contributed by atoms with van der Waals surface area (Å²) in [5.41, 5.74) is 0.686. The molecule has 2 saturated heterocycles. The molecule has 0 radical (unpaired) electrons. The van der Waals surface area contributed by atoms with Crippen LogP contribution in [0.1, 0.15) is 18.4 Å². The van der Waals surface area contributed by atoms with Gasteiger partial charge in [0.1, 0.15) is 11.4 Å². The number of likely N-dealkylation sites (N-methyl/N-ethyl adjacent to an activating group) is 1. The summed E-state index contributed by atoms with van der Waals surface area (Å²) in [5.74, 6) is 2.31. The smallest absolute Gasteiger partial charge is 0.410 e. The number of nitrogens with zero attached hydrogens (tertiary/aromatic N) is 2. The number of methoxy groups -OCH3 is 1. The van der Waals surface area contributed by atoms with Crippen molar-refractivity contribution >= 4 is 6.09 Å². The van der Waals surface area contributed by atoms with Crippen molar-refractivity contribution in [2.24, 2.45) is 0 Å². The molecule has 0 aliphatic carbocycles. The van der Waals surface area contributed by atoms with Crippen LogP contribution in [0.5, 0.6) is 17.2 Å². The predicted molar refractivity (Wildman–Crippen MR) is 90.3 cm³/mol. The summed E-state index contributed by atoms with van der Waals surface area (Å²) in [6.45, 7) is 4.32. The summed E-state index contributed by atoms with van der Waals surface area (Å²) in [6, 6.07) is 3.92. The Kier molecular flexibility index (Phi) is 4.11. The first-order chi connectivity index (χ1) is 12.1. The molecule has 0 saturated carbocycles. The van der Waals surface area contributed by atoms with Crippen LogP contribution in [-0.2, 0) is 11.3 Å². The van der Waals surface area contributed by atoms with Crippen molar-refractivity contribution in [1.29, 1.82) is 0 Å². The fourth-order valence-corrected chi connectivity index (χ4v) is 3.85. The van der Waals surface area contributed by atoms with Gasteiger partial charge in [-0.2, -0.15) is 0 Å². The van der Waals surface area contributed by atoms with E-state index < -0.39 is 0 Å². The fourth-order valence-electron chi connectivity index (χ4n) is 3.85. The van der Waals surface area contributed by atoms with Gasteiger partial charge < -0.3 is 23.8 Å². The van der Waals surface area contributed by atoms with Crippen LogP contribution < -0.4 is 14.2 Å². The van der Waals surface area contributed by atoms with E-state index in [0.717, 1.165) is 55.3 Å². The number of fused-ring (bicyclic) bond motifs is 1. The lowest BCUT2D eigenvalue weighted by molar-refractivity contribution is 0.0626. The molecule has 25 heavy (non-hydrogen) atoms. The molecule has 7 nitrogen and oxygen atoms in total. The van der Waals surface area contributed by atoms with E-state index in [1.54, 1.807) is 19.1 Å². The second-order valence-electron chi connectivity index (χ2n) is 7.03. The average Bonchev–Trinajstić information content (AvgIpc) is 2.99. The highest BCUT2D eigenvalue weighted by molar-refractivity contribution is 5.70. The summed E-state index contributed by atoms with van der Waals surface area (Å²) in [4.78, 5) is 15.7. The minimum absolute atomic E-state index is 0.227. The first-order valence-corrected chi connectivity index (χ1v) is 8.71. The van der Waals surface area contributed by atoms with Gasteiger partial charge in [0.2, 0.25) is 0 Å². The predicted octanol–water partition coefficient (Wildman–Crippen LogP) is 1.88. The standard InChI is InChI=1S/C18H24N2O5/c1-19-11-18(25-17(19)21)4-5-20(12-18)10-13-8-15-16(9-14(13)22-2)24-7-3-6-23-15/h8-9H,3-7,10-12H2,1-2H3. The number of hydrogen-bond acceptors (Lipinski definition) is 6. The lowest BCUT2D eigenvalue weighted by Gasteiger charge is -2.23. The number of amides is 1. The zero-order valence-corrected chi connectivity index (χ0v) is 14.7. The number of benzene rings is 1. The van der Waals surface area contributed by atoms with Gasteiger partial charge in [-0.15, -0.1) is 0 Å². The van der Waals surface area contributed by atoms with Crippen LogP contribution in [0.25, 0.3) is 0 Å². The van der Waals surface area contributed by atoms with Crippen molar-refractivity contribution in [3.05, 3.63) is 17.7 Å². The van der Waals surface area contributed by atoms with E-state index in [9.17, 15) is 4.79 Å². The van der Waals surface area contributed by atoms with Crippen LogP contribution in [0.3, 0.4) is 0 Å². The zero-order chi connectivity index (χ0) is 17.4. The molecule has 1 aromatic rings. The third kappa shape index (κ3) is 3.08. The quantitative estimate of drug-likeness (QED) is 0.831. The highest BCUT2D eigenvalue weighted by Gasteiger charge is 2.48. The van der Waals surface area contributed by atoms with Crippen LogP contribution in [-0.4, -0.2) is 68.5 Å². The van der Waals surface area contributed by atoms with Gasteiger partial charge >= 0.3 is 6.09 Å². The van der Waals surface area contributed by atoms with Crippen LogP contribution in [0.15, 0.2) is 12.1 Å². The molecule has 7 heteroatoms. The van der Waals surface area contributed by atoms with Crippen molar-refractivity contribution < 1.29 is 23.7 Å². The van der Waals surface area contributed by atoms with Crippen LogP contribution in [0, 0.1) is 0 Å². The van der Waals surface area contributed by atoms with Crippen molar-refractivity contribution in [2.45, 2.75) is 25.0 Å². The molecule has 3 heterocycles. The minimum Gasteiger partial charge on any atom is -0.496 e. The Morgan fingerprint density at radius 3 is 2.64 bits per heavy atom. The number of ether oxygens (including phenoxy) is 4. The average molecular weight is 348 g/mol. The Balaban J connectivity index is 1.51. The largest absolute Gasteiger partial charge is 0.496 e. The molecule has 4 rings (SSSR count). The highest BCUT2D eigenvalue weighted by Crippen LogP contribution is 2.38. The van der Waals surface area contributed by atoms with Gasteiger partial charge in [-0.1, -0.05) is 0 Å². The van der Waals surface area contributed by atoms with Crippen molar-refractivity contribution in [3.63, 3.8) is 0 Å². The molecule has 0 aromatic heterocycles. The molecule has 1 aromatic carbocycles. The number of carbonyl (C=O) groups is 1. The Hall–Kier alpha value is -2.15. The maximum atomic E-state index is 11.7. The first kappa shape index (κ1) is 16.3. The van der Waals surface area contributed by atoms with Gasteiger partial charge in [0, 0.05) is 51.2 Å². The first-order valence-electron chi connectivity index (χ1n) is 8.71. The molecule has 136 valence electrons. The second-order valence-corrected chi connectivity index (χ2v) is 7.03. The number of rotatable bonds is 3. The summed E-state index contributed by atoms with van der Waals surface area (Å²) in [7, 11) is 3.45. The highest BCUT2D eigenvalue weighted by atomic mass is 16.6. The molecule has 2 fully saturated rings. The van der Waals surface area contributed by atoms with Crippen molar-refractivity contribution in [2.75, 3.05) is 47.0 Å². The summed E-state index contributed by atoms with van der Waals surface area (Å²) < 4.78 is 22.7. The molecule has 1 unspecified atom stereocenters. The van der Waals surface area contributed by atoms with E-state index in [0.29, 0.717) is 19.8 Å². The minimum atomic E-state index is -0.371. The van der Waals surface area contributed by atoms with E-state index in [4.69, 9.17) is 18.9 Å². The number of hydrogen-bond donors (Lipinski definition) is 0. The van der Waals surface area contributed by atoms with E-state index >= 15 is 0 Å².